The van der Waals surface area contributed by atoms with Crippen molar-refractivity contribution in [3.05, 3.63) is 75.6 Å². The van der Waals surface area contributed by atoms with Gasteiger partial charge in [-0.15, -0.1) is 0 Å². The fourth-order valence-electron chi connectivity index (χ4n) is 3.99. The number of benzene rings is 4. The number of fused-ring (bicyclic) bond motifs is 6. The molecule has 0 aliphatic rings. The summed E-state index contributed by atoms with van der Waals surface area (Å²) in [6.07, 6.45) is -10.5. The first-order chi connectivity index (χ1) is 14.9. The molecule has 8 heteroatoms. The number of halogens is 6. The monoisotopic (exact) mass is 442 g/mol. The van der Waals surface area contributed by atoms with Gasteiger partial charge in [0.25, 0.3) is 0 Å². The molecule has 0 saturated carbocycles. The third-order valence-electron chi connectivity index (χ3n) is 5.65. The van der Waals surface area contributed by atoms with Gasteiger partial charge in [-0.25, -0.2) is 4.85 Å². The van der Waals surface area contributed by atoms with Gasteiger partial charge in [0.05, 0.1) is 29.3 Å². The summed E-state index contributed by atoms with van der Waals surface area (Å²) in [5.74, 6) is 0. The lowest BCUT2D eigenvalue weighted by Gasteiger charge is -2.19. The van der Waals surface area contributed by atoms with Gasteiger partial charge in [-0.2, -0.15) is 31.6 Å². The quantitative estimate of drug-likeness (QED) is 0.153. The van der Waals surface area contributed by atoms with Crippen LogP contribution in [0.2, 0.25) is 0 Å². The standard InChI is InChI=1S/C24H12F6N2/c1-11-4-14-15(5-12(11)2)19-9-22(32-3)13(10-31)6-16(19)18-8-21(24(28,29)30)20(7-17(14)18)23(25,26)27/h4-9H,1-2H3. The van der Waals surface area contributed by atoms with E-state index < -0.39 is 23.5 Å². The van der Waals surface area contributed by atoms with Crippen LogP contribution in [0.15, 0.2) is 36.4 Å². The van der Waals surface area contributed by atoms with Crippen LogP contribution >= 0.6 is 0 Å². The fraction of sp³-hybridized carbons (Fsp3) is 0.167. The molecule has 0 bridgehead atoms. The van der Waals surface area contributed by atoms with E-state index in [9.17, 15) is 31.6 Å². The Balaban J connectivity index is 2.38. The van der Waals surface area contributed by atoms with Crippen molar-refractivity contribution < 1.29 is 26.3 Å². The van der Waals surface area contributed by atoms with Crippen LogP contribution < -0.4 is 0 Å². The van der Waals surface area contributed by atoms with Crippen molar-refractivity contribution in [1.29, 1.82) is 5.26 Å². The average Bonchev–Trinajstić information content (AvgIpc) is 2.71. The van der Waals surface area contributed by atoms with Gasteiger partial charge >= 0.3 is 12.4 Å². The summed E-state index contributed by atoms with van der Waals surface area (Å²) in [5.41, 5.74) is -2.03. The molecule has 4 aromatic carbocycles. The molecule has 0 spiro atoms. The summed E-state index contributed by atoms with van der Waals surface area (Å²) in [7, 11) is 0. The lowest BCUT2D eigenvalue weighted by Crippen LogP contribution is -2.16. The molecule has 4 rings (SSSR count). The Morgan fingerprint density at radius 2 is 1.06 bits per heavy atom. The highest BCUT2D eigenvalue weighted by molar-refractivity contribution is 6.26. The van der Waals surface area contributed by atoms with Crippen LogP contribution in [0.4, 0.5) is 32.0 Å². The molecule has 0 aliphatic heterocycles. The van der Waals surface area contributed by atoms with E-state index in [0.29, 0.717) is 28.3 Å². The Morgan fingerprint density at radius 1 is 0.688 bits per heavy atom. The average molecular weight is 442 g/mol. The lowest BCUT2D eigenvalue weighted by molar-refractivity contribution is -0.161. The Kier molecular flexibility index (Phi) is 4.60. The minimum Gasteiger partial charge on any atom is -0.237 e. The Labute approximate surface area is 178 Å². The molecule has 32 heavy (non-hydrogen) atoms. The number of alkyl halides is 6. The van der Waals surface area contributed by atoms with Crippen LogP contribution in [0.5, 0.6) is 0 Å². The molecule has 0 unspecified atom stereocenters. The van der Waals surface area contributed by atoms with Crippen molar-refractivity contribution in [2.75, 3.05) is 0 Å². The maximum absolute atomic E-state index is 13.6. The Morgan fingerprint density at radius 3 is 1.44 bits per heavy atom. The molecule has 2 nitrogen and oxygen atoms in total. The topological polar surface area (TPSA) is 28.1 Å². The highest BCUT2D eigenvalue weighted by Crippen LogP contribution is 2.46. The molecule has 0 fully saturated rings. The van der Waals surface area contributed by atoms with Crippen LogP contribution in [0.1, 0.15) is 27.8 Å². The third kappa shape index (κ3) is 3.20. The van der Waals surface area contributed by atoms with Crippen LogP contribution in [0.25, 0.3) is 37.2 Å². The summed E-state index contributed by atoms with van der Waals surface area (Å²) in [4.78, 5) is 3.32. The normalized spacial score (nSPS) is 12.3. The number of nitrogens with zero attached hydrogens (tertiary/aromatic N) is 2. The second-order valence-corrected chi connectivity index (χ2v) is 7.56. The van der Waals surface area contributed by atoms with Gasteiger partial charge in [-0.05, 0) is 81.6 Å². The SMILES string of the molecule is [C-]#[N+]c1cc2c3cc(C)c(C)cc3c3cc(C(F)(F)F)c(C(F)(F)F)cc3c2cc1C#N. The van der Waals surface area contributed by atoms with E-state index in [1.54, 1.807) is 26.0 Å². The zero-order valence-corrected chi connectivity index (χ0v) is 16.6. The van der Waals surface area contributed by atoms with Crippen molar-refractivity contribution in [3.63, 3.8) is 0 Å². The largest absolute Gasteiger partial charge is 0.417 e. The number of aryl methyl sites for hydroxylation is 2. The van der Waals surface area contributed by atoms with E-state index in [1.165, 1.54) is 12.1 Å². The van der Waals surface area contributed by atoms with E-state index in [-0.39, 0.29) is 27.4 Å². The first-order valence-electron chi connectivity index (χ1n) is 9.27. The van der Waals surface area contributed by atoms with Crippen LogP contribution in [-0.4, -0.2) is 0 Å². The molecule has 4 aromatic rings. The number of hydrogen-bond acceptors (Lipinski definition) is 1. The van der Waals surface area contributed by atoms with E-state index in [1.807, 2.05) is 6.07 Å². The third-order valence-corrected chi connectivity index (χ3v) is 5.65. The first-order valence-corrected chi connectivity index (χ1v) is 9.27. The molecule has 0 amide bonds. The molecule has 0 radical (unpaired) electrons. The van der Waals surface area contributed by atoms with Gasteiger partial charge in [0.2, 0.25) is 5.69 Å². The molecule has 160 valence electrons. The molecule has 0 saturated heterocycles. The molecule has 0 atom stereocenters. The second kappa shape index (κ2) is 6.86. The van der Waals surface area contributed by atoms with Crippen molar-refractivity contribution >= 4 is 38.0 Å². The molecular weight excluding hydrogens is 430 g/mol. The van der Waals surface area contributed by atoms with Crippen molar-refractivity contribution in [2.45, 2.75) is 26.2 Å². The van der Waals surface area contributed by atoms with Gasteiger partial charge in [-0.3, -0.25) is 0 Å². The number of rotatable bonds is 0. The molecule has 0 heterocycles. The van der Waals surface area contributed by atoms with Crippen LogP contribution in [0, 0.1) is 31.8 Å². The maximum Gasteiger partial charge on any atom is 0.417 e. The second-order valence-electron chi connectivity index (χ2n) is 7.56. The Bertz CT molecular complexity index is 1530. The van der Waals surface area contributed by atoms with Gasteiger partial charge in [0.1, 0.15) is 0 Å². The predicted molar refractivity (Wildman–Crippen MR) is 109 cm³/mol. The summed E-state index contributed by atoms with van der Waals surface area (Å²) >= 11 is 0. The number of hydrogen-bond donors (Lipinski definition) is 0. The van der Waals surface area contributed by atoms with Gasteiger partial charge in [0, 0.05) is 0 Å². The minimum absolute atomic E-state index is 0.00428. The van der Waals surface area contributed by atoms with Crippen LogP contribution in [-0.2, 0) is 12.4 Å². The van der Waals surface area contributed by atoms with E-state index in [4.69, 9.17) is 6.57 Å². The summed E-state index contributed by atoms with van der Waals surface area (Å²) in [6, 6.07) is 8.91. The van der Waals surface area contributed by atoms with Gasteiger partial charge < -0.3 is 0 Å². The van der Waals surface area contributed by atoms with E-state index in [2.05, 4.69) is 4.85 Å². The predicted octanol–water partition coefficient (Wildman–Crippen LogP) is 8.22. The zero-order valence-electron chi connectivity index (χ0n) is 16.6. The molecular formula is C24H12F6N2. The van der Waals surface area contributed by atoms with Gasteiger partial charge in [0.15, 0.2) is 0 Å². The lowest BCUT2D eigenvalue weighted by atomic mass is 9.88. The summed E-state index contributed by atoms with van der Waals surface area (Å²) < 4.78 is 81.6. The number of nitriles is 1. The zero-order chi connectivity index (χ0) is 23.6. The maximum atomic E-state index is 13.6. The van der Waals surface area contributed by atoms with E-state index in [0.717, 1.165) is 11.1 Å². The molecule has 0 N–H and O–H groups in total. The van der Waals surface area contributed by atoms with Crippen molar-refractivity contribution in [1.82, 2.24) is 0 Å². The summed E-state index contributed by atoms with van der Waals surface area (Å²) in [6.45, 7) is 10.9. The van der Waals surface area contributed by atoms with Crippen molar-refractivity contribution in [2.24, 2.45) is 0 Å². The van der Waals surface area contributed by atoms with Crippen molar-refractivity contribution in [3.8, 4) is 6.07 Å². The first kappa shape index (κ1) is 21.5. The van der Waals surface area contributed by atoms with E-state index >= 15 is 0 Å². The highest BCUT2D eigenvalue weighted by Gasteiger charge is 2.43. The molecule has 0 aliphatic carbocycles. The molecule has 0 aromatic heterocycles. The Hall–Kier alpha value is -3.78. The summed E-state index contributed by atoms with van der Waals surface area (Å²) in [5, 5.41) is 10.7. The highest BCUT2D eigenvalue weighted by atomic mass is 19.4. The van der Waals surface area contributed by atoms with Crippen LogP contribution in [0.3, 0.4) is 0 Å². The fourth-order valence-corrected chi connectivity index (χ4v) is 3.99. The smallest absolute Gasteiger partial charge is 0.237 e. The minimum atomic E-state index is -5.24. The van der Waals surface area contributed by atoms with Gasteiger partial charge in [-0.1, -0.05) is 12.1 Å².